The lowest BCUT2D eigenvalue weighted by Gasteiger charge is -2.44. The van der Waals surface area contributed by atoms with Crippen LogP contribution in [-0.2, 0) is 15.2 Å². The number of carboxylic acid groups (broad SMARTS) is 1. The monoisotopic (exact) mass is 433 g/mol. The Hall–Kier alpha value is -0.860. The van der Waals surface area contributed by atoms with Gasteiger partial charge in [-0.15, -0.1) is 0 Å². The highest BCUT2D eigenvalue weighted by molar-refractivity contribution is 14.1. The van der Waals surface area contributed by atoms with Crippen LogP contribution in [0.1, 0.15) is 38.7 Å². The zero-order chi connectivity index (χ0) is 17.0. The first-order valence-corrected chi connectivity index (χ1v) is 8.90. The maximum Gasteiger partial charge on any atom is 0.410 e. The molecule has 1 aromatic carbocycles. The van der Waals surface area contributed by atoms with Crippen molar-refractivity contribution >= 4 is 28.7 Å². The fourth-order valence-corrected chi connectivity index (χ4v) is 3.78. The summed E-state index contributed by atoms with van der Waals surface area (Å²) in [4.78, 5) is 13.6. The average molecular weight is 433 g/mol. The molecule has 5 nitrogen and oxygen atoms in total. The molecule has 1 fully saturated rings. The summed E-state index contributed by atoms with van der Waals surface area (Å²) in [5.74, 6) is 0.267. The van der Waals surface area contributed by atoms with Crippen molar-refractivity contribution in [3.63, 3.8) is 0 Å². The van der Waals surface area contributed by atoms with Crippen molar-refractivity contribution in [1.82, 2.24) is 4.90 Å². The smallest absolute Gasteiger partial charge is 0.410 e. The van der Waals surface area contributed by atoms with Crippen molar-refractivity contribution in [3.8, 4) is 0 Å². The Morgan fingerprint density at radius 3 is 2.57 bits per heavy atom. The summed E-state index contributed by atoms with van der Waals surface area (Å²) in [5.41, 5.74) is -0.129. The van der Waals surface area contributed by atoms with Crippen LogP contribution in [0.25, 0.3) is 0 Å². The summed E-state index contributed by atoms with van der Waals surface area (Å²) in [6, 6.07) is 7.82. The van der Waals surface area contributed by atoms with E-state index in [1.165, 1.54) is 4.90 Å². The number of ether oxygens (including phenoxy) is 2. The summed E-state index contributed by atoms with van der Waals surface area (Å²) in [5, 5.41) is 9.89. The molecule has 0 saturated heterocycles. The van der Waals surface area contributed by atoms with Crippen molar-refractivity contribution in [2.45, 2.75) is 44.9 Å². The Labute approximate surface area is 151 Å². The predicted octanol–water partition coefficient (Wildman–Crippen LogP) is 4.25. The molecule has 1 atom stereocenters. The van der Waals surface area contributed by atoms with Crippen LogP contribution in [0.5, 0.6) is 0 Å². The lowest BCUT2D eigenvalue weighted by molar-refractivity contribution is -0.211. The number of rotatable bonds is 8. The van der Waals surface area contributed by atoms with Crippen LogP contribution >= 0.6 is 22.6 Å². The van der Waals surface area contributed by atoms with E-state index in [1.54, 1.807) is 7.11 Å². The van der Waals surface area contributed by atoms with Crippen molar-refractivity contribution < 1.29 is 19.4 Å². The molecular formula is C17H24INO4. The van der Waals surface area contributed by atoms with Gasteiger partial charge in [-0.1, -0.05) is 32.0 Å². The summed E-state index contributed by atoms with van der Waals surface area (Å²) in [7, 11) is 1.55. The number of nitrogens with zero attached hydrogens (tertiary/aromatic N) is 1. The quantitative estimate of drug-likeness (QED) is 0.492. The number of halogens is 1. The van der Waals surface area contributed by atoms with E-state index in [0.717, 1.165) is 22.0 Å². The minimum absolute atomic E-state index is 0.0131. The molecule has 0 aromatic heterocycles. The summed E-state index contributed by atoms with van der Waals surface area (Å²) in [6.45, 7) is 4.20. The average Bonchev–Trinajstić information content (AvgIpc) is 3.29. The van der Waals surface area contributed by atoms with Gasteiger partial charge in [-0.3, -0.25) is 4.90 Å². The Balaban J connectivity index is 2.57. The summed E-state index contributed by atoms with van der Waals surface area (Å²) < 4.78 is 12.2. The number of carbonyl (C=O) groups is 1. The van der Waals surface area contributed by atoms with Gasteiger partial charge in [0, 0.05) is 28.7 Å². The van der Waals surface area contributed by atoms with Gasteiger partial charge in [0.2, 0.25) is 0 Å². The first-order chi connectivity index (χ1) is 10.9. The van der Waals surface area contributed by atoms with E-state index in [9.17, 15) is 9.90 Å². The van der Waals surface area contributed by atoms with E-state index in [4.69, 9.17) is 9.47 Å². The van der Waals surface area contributed by atoms with Crippen molar-refractivity contribution in [2.24, 2.45) is 5.92 Å². The number of hydrogen-bond acceptors (Lipinski definition) is 3. The highest BCUT2D eigenvalue weighted by atomic mass is 127. The second kappa shape index (κ2) is 7.81. The molecule has 0 aliphatic heterocycles. The minimum Gasteiger partial charge on any atom is -0.465 e. The highest BCUT2D eigenvalue weighted by Gasteiger charge is 2.50. The lowest BCUT2D eigenvalue weighted by Crippen LogP contribution is -2.53. The fraction of sp³-hybridized carbons (Fsp3) is 0.588. The molecule has 0 heterocycles. The van der Waals surface area contributed by atoms with Crippen LogP contribution in [0.2, 0.25) is 0 Å². The fourth-order valence-electron chi connectivity index (χ4n) is 2.97. The standard InChI is InChI=1S/C17H24INO4/c1-12(2)10-17(23-11-22-3,14-6-4-5-7-15(14)18)19(16(20)21)13-8-9-13/h4-7,12-13H,8-11H2,1-3H3,(H,20,21). The number of methoxy groups -OCH3 is 1. The van der Waals surface area contributed by atoms with Crippen LogP contribution in [0.15, 0.2) is 24.3 Å². The second-order valence-electron chi connectivity index (χ2n) is 6.30. The van der Waals surface area contributed by atoms with Crippen molar-refractivity contribution in [3.05, 3.63) is 33.4 Å². The summed E-state index contributed by atoms with van der Waals surface area (Å²) in [6.07, 6.45) is 1.40. The van der Waals surface area contributed by atoms with Gasteiger partial charge < -0.3 is 14.6 Å². The van der Waals surface area contributed by atoms with Crippen LogP contribution in [0.3, 0.4) is 0 Å². The third-order valence-electron chi connectivity index (χ3n) is 3.90. The Kier molecular flexibility index (Phi) is 6.27. The van der Waals surface area contributed by atoms with E-state index in [1.807, 2.05) is 24.3 Å². The topological polar surface area (TPSA) is 59.0 Å². The maximum absolute atomic E-state index is 12.1. The Morgan fingerprint density at radius 2 is 2.09 bits per heavy atom. The number of benzene rings is 1. The van der Waals surface area contributed by atoms with Gasteiger partial charge in [-0.2, -0.15) is 0 Å². The van der Waals surface area contributed by atoms with Crippen molar-refractivity contribution in [2.75, 3.05) is 13.9 Å². The normalized spacial score (nSPS) is 17.1. The molecule has 1 N–H and O–H groups in total. The summed E-state index contributed by atoms with van der Waals surface area (Å²) >= 11 is 2.24. The molecule has 23 heavy (non-hydrogen) atoms. The van der Waals surface area contributed by atoms with Gasteiger partial charge in [0.1, 0.15) is 6.79 Å². The molecule has 2 rings (SSSR count). The molecule has 0 bridgehead atoms. The highest BCUT2D eigenvalue weighted by Crippen LogP contribution is 2.44. The maximum atomic E-state index is 12.1. The van der Waals surface area contributed by atoms with E-state index in [2.05, 4.69) is 36.4 Å². The lowest BCUT2D eigenvalue weighted by atomic mass is 9.91. The molecule has 1 aliphatic carbocycles. The molecule has 0 spiro atoms. The molecule has 128 valence electrons. The van der Waals surface area contributed by atoms with E-state index in [0.29, 0.717) is 6.42 Å². The van der Waals surface area contributed by atoms with E-state index in [-0.39, 0.29) is 18.8 Å². The third-order valence-corrected chi connectivity index (χ3v) is 4.84. The van der Waals surface area contributed by atoms with E-state index >= 15 is 0 Å². The largest absolute Gasteiger partial charge is 0.465 e. The van der Waals surface area contributed by atoms with Gasteiger partial charge in [0.25, 0.3) is 0 Å². The van der Waals surface area contributed by atoms with Gasteiger partial charge in [0.05, 0.1) is 0 Å². The third kappa shape index (κ3) is 4.16. The Morgan fingerprint density at radius 1 is 1.43 bits per heavy atom. The molecule has 1 aromatic rings. The molecule has 1 amide bonds. The van der Waals surface area contributed by atoms with Gasteiger partial charge in [-0.05, 0) is 47.4 Å². The first kappa shape index (κ1) is 18.5. The molecule has 1 unspecified atom stereocenters. The van der Waals surface area contributed by atoms with E-state index < -0.39 is 11.8 Å². The molecular weight excluding hydrogens is 409 g/mol. The second-order valence-corrected chi connectivity index (χ2v) is 7.46. The van der Waals surface area contributed by atoms with Crippen LogP contribution in [0, 0.1) is 9.49 Å². The molecule has 1 saturated carbocycles. The number of hydrogen-bond donors (Lipinski definition) is 1. The van der Waals surface area contributed by atoms with Gasteiger partial charge >= 0.3 is 6.09 Å². The van der Waals surface area contributed by atoms with Gasteiger partial charge in [0.15, 0.2) is 5.72 Å². The molecule has 1 aliphatic rings. The van der Waals surface area contributed by atoms with Crippen LogP contribution in [0.4, 0.5) is 4.79 Å². The SMILES string of the molecule is COCOC(CC(C)C)(c1ccccc1I)N(C(=O)O)C1CC1. The Bertz CT molecular complexity index is 547. The predicted molar refractivity (Wildman–Crippen MR) is 96.1 cm³/mol. The zero-order valence-electron chi connectivity index (χ0n) is 13.8. The first-order valence-electron chi connectivity index (χ1n) is 7.82. The number of amides is 1. The van der Waals surface area contributed by atoms with Crippen molar-refractivity contribution in [1.29, 1.82) is 0 Å². The van der Waals surface area contributed by atoms with Crippen LogP contribution in [-0.4, -0.2) is 36.0 Å². The molecule has 6 heteroatoms. The molecule has 0 radical (unpaired) electrons. The van der Waals surface area contributed by atoms with Gasteiger partial charge in [-0.25, -0.2) is 4.79 Å². The minimum atomic E-state index is -1.02. The van der Waals surface area contributed by atoms with Crippen LogP contribution < -0.4 is 0 Å². The zero-order valence-corrected chi connectivity index (χ0v) is 15.9.